The van der Waals surface area contributed by atoms with Gasteiger partial charge >= 0.3 is 0 Å². The van der Waals surface area contributed by atoms with Crippen LogP contribution in [0.5, 0.6) is 0 Å². The summed E-state index contributed by atoms with van der Waals surface area (Å²) in [4.78, 5) is 0. The zero-order chi connectivity index (χ0) is 28.1. The number of benzene rings is 7. The summed E-state index contributed by atoms with van der Waals surface area (Å²) in [6.45, 7) is 0. The third-order valence-corrected chi connectivity index (χ3v) is 9.11. The molecule has 3 heteroatoms. The molecule has 10 rings (SSSR count). The Labute approximate surface area is 246 Å². The van der Waals surface area contributed by atoms with Gasteiger partial charge in [0.15, 0.2) is 5.58 Å². The van der Waals surface area contributed by atoms with Crippen LogP contribution in [0.4, 0.5) is 0 Å². The summed E-state index contributed by atoms with van der Waals surface area (Å²) in [5.41, 5.74) is 8.77. The molecule has 0 spiro atoms. The second kappa shape index (κ2) is 8.37. The van der Waals surface area contributed by atoms with Crippen LogP contribution >= 0.6 is 0 Å². The van der Waals surface area contributed by atoms with Crippen LogP contribution < -0.4 is 0 Å². The fraction of sp³-hybridized carbons (Fsp3) is 0. The number of para-hydroxylation sites is 3. The van der Waals surface area contributed by atoms with Gasteiger partial charge in [-0.1, -0.05) is 91.0 Å². The van der Waals surface area contributed by atoms with Gasteiger partial charge in [-0.05, 0) is 65.4 Å². The van der Waals surface area contributed by atoms with Crippen LogP contribution in [0, 0.1) is 0 Å². The average Bonchev–Trinajstić information content (AvgIpc) is 3.73. The smallest absolute Gasteiger partial charge is 0.160 e. The Hall–Kier alpha value is -5.80. The summed E-state index contributed by atoms with van der Waals surface area (Å²) in [6, 6.07) is 52.3. The lowest BCUT2D eigenvalue weighted by Crippen LogP contribution is -1.97. The molecule has 0 aliphatic heterocycles. The molecule has 0 atom stereocenters. The molecule has 3 aromatic heterocycles. The quantitative estimate of drug-likeness (QED) is 0.211. The molecule has 0 aliphatic carbocycles. The normalized spacial score (nSPS) is 12.2. The first kappa shape index (κ1) is 22.8. The van der Waals surface area contributed by atoms with E-state index in [-0.39, 0.29) is 0 Å². The topological polar surface area (TPSA) is 23.0 Å². The van der Waals surface area contributed by atoms with Crippen LogP contribution in [0.25, 0.3) is 87.7 Å². The van der Waals surface area contributed by atoms with E-state index in [0.717, 1.165) is 38.8 Å². The SMILES string of the molecule is c1ccc2c(c1)ccc1c2c2ccc3c4ccccc4oc3c2n1-c1ccc(-n2c3ccccc3c3ccccc32)cc1. The second-order valence-electron chi connectivity index (χ2n) is 11.3. The molecule has 0 radical (unpaired) electrons. The van der Waals surface area contributed by atoms with Crippen molar-refractivity contribution in [3.63, 3.8) is 0 Å². The molecule has 0 saturated carbocycles. The Morgan fingerprint density at radius 1 is 0.372 bits per heavy atom. The van der Waals surface area contributed by atoms with Crippen molar-refractivity contribution in [2.75, 3.05) is 0 Å². The average molecular weight is 549 g/mol. The third-order valence-electron chi connectivity index (χ3n) is 9.11. The molecule has 7 aromatic carbocycles. The van der Waals surface area contributed by atoms with E-state index in [0.29, 0.717) is 0 Å². The summed E-state index contributed by atoms with van der Waals surface area (Å²) in [5, 5.41) is 9.75. The highest BCUT2D eigenvalue weighted by molar-refractivity contribution is 6.27. The van der Waals surface area contributed by atoms with Crippen molar-refractivity contribution in [3.05, 3.63) is 146 Å². The van der Waals surface area contributed by atoms with E-state index in [1.165, 1.54) is 48.9 Å². The molecule has 0 aliphatic rings. The summed E-state index contributed by atoms with van der Waals surface area (Å²) < 4.78 is 11.4. The van der Waals surface area contributed by atoms with Crippen molar-refractivity contribution in [3.8, 4) is 11.4 Å². The molecule has 0 unspecified atom stereocenters. The Kier molecular flexibility index (Phi) is 4.45. The van der Waals surface area contributed by atoms with Crippen molar-refractivity contribution in [2.24, 2.45) is 0 Å². The molecule has 200 valence electrons. The van der Waals surface area contributed by atoms with Crippen molar-refractivity contribution >= 4 is 76.3 Å². The monoisotopic (exact) mass is 548 g/mol. The van der Waals surface area contributed by atoms with Gasteiger partial charge in [0.05, 0.1) is 22.1 Å². The molecule has 0 N–H and O–H groups in total. The van der Waals surface area contributed by atoms with E-state index in [1.54, 1.807) is 0 Å². The third kappa shape index (κ3) is 3.03. The summed E-state index contributed by atoms with van der Waals surface area (Å²) in [7, 11) is 0. The highest BCUT2D eigenvalue weighted by atomic mass is 16.3. The predicted octanol–water partition coefficient (Wildman–Crippen LogP) is 10.9. The number of rotatable bonds is 2. The first-order valence-corrected chi connectivity index (χ1v) is 14.7. The van der Waals surface area contributed by atoms with Gasteiger partial charge in [0, 0.05) is 43.7 Å². The number of hydrogen-bond acceptors (Lipinski definition) is 1. The van der Waals surface area contributed by atoms with Gasteiger partial charge in [0.25, 0.3) is 0 Å². The Balaban J connectivity index is 1.29. The molecule has 0 amide bonds. The lowest BCUT2D eigenvalue weighted by atomic mass is 10.0. The van der Waals surface area contributed by atoms with Crippen LogP contribution in [0.15, 0.2) is 150 Å². The maximum atomic E-state index is 6.62. The minimum atomic E-state index is 0.911. The first-order valence-electron chi connectivity index (χ1n) is 14.7. The molecule has 3 heterocycles. The van der Waals surface area contributed by atoms with Gasteiger partial charge in [0.1, 0.15) is 5.58 Å². The van der Waals surface area contributed by atoms with Crippen LogP contribution in [-0.2, 0) is 0 Å². The fourth-order valence-electron chi connectivity index (χ4n) is 7.27. The number of nitrogens with zero attached hydrogens (tertiary/aromatic N) is 2. The van der Waals surface area contributed by atoms with E-state index in [9.17, 15) is 0 Å². The van der Waals surface area contributed by atoms with E-state index in [1.807, 2.05) is 6.07 Å². The van der Waals surface area contributed by atoms with Crippen LogP contribution in [0.1, 0.15) is 0 Å². The Morgan fingerprint density at radius 2 is 0.953 bits per heavy atom. The van der Waals surface area contributed by atoms with Gasteiger partial charge in [0.2, 0.25) is 0 Å². The Morgan fingerprint density at radius 3 is 1.70 bits per heavy atom. The van der Waals surface area contributed by atoms with Crippen molar-refractivity contribution < 1.29 is 4.42 Å². The van der Waals surface area contributed by atoms with Gasteiger partial charge in [-0.3, -0.25) is 0 Å². The molecule has 10 aromatic rings. The molecule has 0 saturated heterocycles. The molecular formula is C40H24N2O. The summed E-state index contributed by atoms with van der Waals surface area (Å²) >= 11 is 0. The van der Waals surface area contributed by atoms with Crippen LogP contribution in [0.2, 0.25) is 0 Å². The van der Waals surface area contributed by atoms with Gasteiger partial charge in [-0.15, -0.1) is 0 Å². The number of aromatic nitrogens is 2. The van der Waals surface area contributed by atoms with E-state index >= 15 is 0 Å². The Bertz CT molecular complexity index is 2670. The van der Waals surface area contributed by atoms with Crippen molar-refractivity contribution in [1.82, 2.24) is 9.13 Å². The second-order valence-corrected chi connectivity index (χ2v) is 11.3. The molecule has 0 bridgehead atoms. The number of furan rings is 1. The van der Waals surface area contributed by atoms with Gasteiger partial charge in [-0.25, -0.2) is 0 Å². The van der Waals surface area contributed by atoms with E-state index in [2.05, 4.69) is 149 Å². The first-order chi connectivity index (χ1) is 21.3. The maximum absolute atomic E-state index is 6.62. The highest BCUT2D eigenvalue weighted by Crippen LogP contribution is 2.42. The van der Waals surface area contributed by atoms with Crippen LogP contribution in [-0.4, -0.2) is 9.13 Å². The highest BCUT2D eigenvalue weighted by Gasteiger charge is 2.20. The molecule has 43 heavy (non-hydrogen) atoms. The predicted molar refractivity (Wildman–Crippen MR) is 180 cm³/mol. The zero-order valence-corrected chi connectivity index (χ0v) is 23.2. The molecular weight excluding hydrogens is 524 g/mol. The zero-order valence-electron chi connectivity index (χ0n) is 23.2. The minimum absolute atomic E-state index is 0.911. The van der Waals surface area contributed by atoms with Gasteiger partial charge < -0.3 is 13.6 Å². The minimum Gasteiger partial charge on any atom is -0.454 e. The standard InChI is InChI=1S/C40H24N2O/c1-2-10-28-25(9-1)17-24-36-38(28)33-23-22-32-31-13-5-8-16-37(31)43-40(32)39(33)42(36)27-20-18-26(19-21-27)41-34-14-6-3-11-29(34)30-12-4-7-15-35(30)41/h1-24H. The molecule has 3 nitrogen and oxygen atoms in total. The number of hydrogen-bond donors (Lipinski definition) is 0. The molecule has 0 fully saturated rings. The van der Waals surface area contributed by atoms with Crippen molar-refractivity contribution in [1.29, 1.82) is 0 Å². The lowest BCUT2D eigenvalue weighted by Gasteiger charge is -2.12. The summed E-state index contributed by atoms with van der Waals surface area (Å²) in [6.07, 6.45) is 0. The summed E-state index contributed by atoms with van der Waals surface area (Å²) in [5.74, 6) is 0. The lowest BCUT2D eigenvalue weighted by molar-refractivity contribution is 0.671. The van der Waals surface area contributed by atoms with E-state index < -0.39 is 0 Å². The van der Waals surface area contributed by atoms with Gasteiger partial charge in [-0.2, -0.15) is 0 Å². The van der Waals surface area contributed by atoms with E-state index in [4.69, 9.17) is 4.42 Å². The largest absolute Gasteiger partial charge is 0.454 e. The number of fused-ring (bicyclic) bond motifs is 12. The van der Waals surface area contributed by atoms with Crippen LogP contribution in [0.3, 0.4) is 0 Å². The van der Waals surface area contributed by atoms with Crippen molar-refractivity contribution in [2.45, 2.75) is 0 Å². The maximum Gasteiger partial charge on any atom is 0.160 e. The fourth-order valence-corrected chi connectivity index (χ4v) is 7.27.